The van der Waals surface area contributed by atoms with Gasteiger partial charge in [0.1, 0.15) is 5.69 Å². The van der Waals surface area contributed by atoms with E-state index in [1.807, 2.05) is 0 Å². The van der Waals surface area contributed by atoms with E-state index in [-0.39, 0.29) is 17.9 Å². The highest BCUT2D eigenvalue weighted by Crippen LogP contribution is 2.27. The summed E-state index contributed by atoms with van der Waals surface area (Å²) in [6, 6.07) is 2.27. The molecule has 0 spiro atoms. The van der Waals surface area contributed by atoms with E-state index in [4.69, 9.17) is 0 Å². The molecule has 0 aliphatic carbocycles. The quantitative estimate of drug-likeness (QED) is 0.805. The Morgan fingerprint density at radius 1 is 1.27 bits per heavy atom. The maximum atomic E-state index is 12.5. The van der Waals surface area contributed by atoms with Gasteiger partial charge >= 0.3 is 0 Å². The Labute approximate surface area is 129 Å². The van der Waals surface area contributed by atoms with Crippen molar-refractivity contribution in [3.05, 3.63) is 17.5 Å². The van der Waals surface area contributed by atoms with Crippen molar-refractivity contribution in [3.8, 4) is 0 Å². The number of rotatable bonds is 2. The van der Waals surface area contributed by atoms with Crippen LogP contribution in [0, 0.1) is 0 Å². The Balaban J connectivity index is 1.49. The first-order valence-electron chi connectivity index (χ1n) is 8.13. The largest absolute Gasteiger partial charge is 0.349 e. The molecule has 4 rings (SSSR count). The van der Waals surface area contributed by atoms with Crippen LogP contribution >= 0.6 is 0 Å². The maximum Gasteiger partial charge on any atom is 0.272 e. The van der Waals surface area contributed by atoms with Gasteiger partial charge in [0.05, 0.1) is 6.54 Å². The minimum Gasteiger partial charge on any atom is -0.349 e. The fourth-order valence-electron chi connectivity index (χ4n) is 3.95. The molecule has 2 N–H and O–H groups in total. The van der Waals surface area contributed by atoms with Crippen LogP contribution in [-0.2, 0) is 6.54 Å². The van der Waals surface area contributed by atoms with Crippen molar-refractivity contribution in [3.63, 3.8) is 0 Å². The summed E-state index contributed by atoms with van der Waals surface area (Å²) in [4.78, 5) is 26.7. The van der Waals surface area contributed by atoms with Crippen molar-refractivity contribution < 1.29 is 9.59 Å². The molecule has 2 atom stereocenters. The number of hydrogen-bond acceptors (Lipinski definition) is 4. The van der Waals surface area contributed by atoms with Gasteiger partial charge in [0, 0.05) is 24.7 Å². The zero-order valence-corrected chi connectivity index (χ0v) is 12.5. The normalized spacial score (nSPS) is 27.9. The molecule has 118 valence electrons. The lowest BCUT2D eigenvalue weighted by Gasteiger charge is -2.36. The number of fused-ring (bicyclic) bond motifs is 2. The number of nitrogens with one attached hydrogen (secondary N) is 2. The van der Waals surface area contributed by atoms with Crippen LogP contribution in [0.5, 0.6) is 0 Å². The van der Waals surface area contributed by atoms with E-state index in [9.17, 15) is 9.59 Å². The second kappa shape index (κ2) is 5.39. The molecule has 1 aromatic heterocycles. The standard InChI is InChI=1S/C15H21N5O2/c21-14(11-9-13-15(22)16-5-8-20(13)18-11)17-10-3-1-6-19-7-2-4-12(10)19/h9-10,12H,1-8H2,(H,16,22)(H,17,21)/t10-,12-/m0/s1. The summed E-state index contributed by atoms with van der Waals surface area (Å²) >= 11 is 0. The highest BCUT2D eigenvalue weighted by molar-refractivity contribution is 5.98. The minimum atomic E-state index is -0.159. The number of piperidine rings is 1. The Morgan fingerprint density at radius 2 is 2.09 bits per heavy atom. The van der Waals surface area contributed by atoms with Gasteiger partial charge in [-0.15, -0.1) is 0 Å². The predicted octanol–water partition coefficient (Wildman–Crippen LogP) is -0.0169. The van der Waals surface area contributed by atoms with Crippen LogP contribution in [0.15, 0.2) is 6.07 Å². The van der Waals surface area contributed by atoms with Crippen molar-refractivity contribution in [2.24, 2.45) is 0 Å². The predicted molar refractivity (Wildman–Crippen MR) is 79.6 cm³/mol. The summed E-state index contributed by atoms with van der Waals surface area (Å²) < 4.78 is 1.62. The van der Waals surface area contributed by atoms with E-state index in [0.29, 0.717) is 30.5 Å². The van der Waals surface area contributed by atoms with Crippen LogP contribution < -0.4 is 10.6 Å². The van der Waals surface area contributed by atoms with Gasteiger partial charge in [-0.25, -0.2) is 0 Å². The third kappa shape index (κ3) is 2.29. The van der Waals surface area contributed by atoms with Crippen LogP contribution in [-0.4, -0.2) is 58.2 Å². The van der Waals surface area contributed by atoms with Gasteiger partial charge in [-0.1, -0.05) is 0 Å². The smallest absolute Gasteiger partial charge is 0.272 e. The number of carbonyl (C=O) groups is 2. The SMILES string of the molecule is O=C(N[C@H]1CCCN2CCC[C@@H]12)c1cc2n(n1)CCNC2=O. The number of hydrogen-bond donors (Lipinski definition) is 2. The van der Waals surface area contributed by atoms with Gasteiger partial charge in [-0.05, 0) is 38.8 Å². The summed E-state index contributed by atoms with van der Waals surface area (Å²) in [5.41, 5.74) is 0.824. The molecule has 0 saturated carbocycles. The number of carbonyl (C=O) groups excluding carboxylic acids is 2. The van der Waals surface area contributed by atoms with Crippen molar-refractivity contribution in [2.75, 3.05) is 19.6 Å². The lowest BCUT2D eigenvalue weighted by molar-refractivity contribution is 0.0860. The van der Waals surface area contributed by atoms with Crippen molar-refractivity contribution >= 4 is 11.8 Å². The lowest BCUT2D eigenvalue weighted by atomic mass is 9.96. The molecule has 1 aromatic rings. The zero-order valence-electron chi connectivity index (χ0n) is 12.5. The first kappa shape index (κ1) is 13.8. The Hall–Kier alpha value is -1.89. The fraction of sp³-hybridized carbons (Fsp3) is 0.667. The average Bonchev–Trinajstić information content (AvgIpc) is 3.14. The van der Waals surface area contributed by atoms with Gasteiger partial charge in [-0.2, -0.15) is 5.10 Å². The fourth-order valence-corrected chi connectivity index (χ4v) is 3.95. The molecule has 0 aromatic carbocycles. The minimum absolute atomic E-state index is 0.155. The third-order valence-corrected chi connectivity index (χ3v) is 5.01. The Morgan fingerprint density at radius 3 is 2.91 bits per heavy atom. The summed E-state index contributed by atoms with van der Waals surface area (Å²) in [7, 11) is 0. The summed E-state index contributed by atoms with van der Waals surface area (Å²) in [5, 5.41) is 10.2. The average molecular weight is 303 g/mol. The monoisotopic (exact) mass is 303 g/mol. The van der Waals surface area contributed by atoms with E-state index in [2.05, 4.69) is 20.6 Å². The van der Waals surface area contributed by atoms with E-state index in [1.165, 1.54) is 6.42 Å². The van der Waals surface area contributed by atoms with Crippen LogP contribution in [0.25, 0.3) is 0 Å². The topological polar surface area (TPSA) is 79.3 Å². The Bertz CT molecular complexity index is 611. The summed E-state index contributed by atoms with van der Waals surface area (Å²) in [6.07, 6.45) is 4.54. The molecule has 7 heteroatoms. The molecule has 3 aliphatic heterocycles. The van der Waals surface area contributed by atoms with E-state index >= 15 is 0 Å². The van der Waals surface area contributed by atoms with Crippen LogP contribution in [0.2, 0.25) is 0 Å². The van der Waals surface area contributed by atoms with Gasteiger partial charge in [0.25, 0.3) is 11.8 Å². The number of amides is 2. The van der Waals surface area contributed by atoms with Crippen molar-refractivity contribution in [1.29, 1.82) is 0 Å². The molecule has 0 radical (unpaired) electrons. The van der Waals surface area contributed by atoms with Crippen LogP contribution in [0.1, 0.15) is 46.7 Å². The number of nitrogens with zero attached hydrogens (tertiary/aromatic N) is 3. The second-order valence-electron chi connectivity index (χ2n) is 6.36. The van der Waals surface area contributed by atoms with Gasteiger partial charge in [0.2, 0.25) is 0 Å². The van der Waals surface area contributed by atoms with Gasteiger partial charge < -0.3 is 10.6 Å². The van der Waals surface area contributed by atoms with Crippen LogP contribution in [0.4, 0.5) is 0 Å². The molecule has 7 nitrogen and oxygen atoms in total. The van der Waals surface area contributed by atoms with Gasteiger partial charge in [-0.3, -0.25) is 19.2 Å². The van der Waals surface area contributed by atoms with E-state index < -0.39 is 0 Å². The van der Waals surface area contributed by atoms with Crippen LogP contribution in [0.3, 0.4) is 0 Å². The molecule has 2 saturated heterocycles. The molecule has 3 aliphatic rings. The zero-order chi connectivity index (χ0) is 15.1. The summed E-state index contributed by atoms with van der Waals surface area (Å²) in [6.45, 7) is 3.48. The van der Waals surface area contributed by atoms with E-state index in [1.54, 1.807) is 10.7 Å². The third-order valence-electron chi connectivity index (χ3n) is 5.01. The first-order chi connectivity index (χ1) is 10.7. The second-order valence-corrected chi connectivity index (χ2v) is 6.36. The van der Waals surface area contributed by atoms with Gasteiger partial charge in [0.15, 0.2) is 5.69 Å². The Kier molecular flexibility index (Phi) is 3.37. The molecule has 2 fully saturated rings. The molecule has 22 heavy (non-hydrogen) atoms. The highest BCUT2D eigenvalue weighted by Gasteiger charge is 2.36. The molecule has 0 bridgehead atoms. The first-order valence-corrected chi connectivity index (χ1v) is 8.13. The molecular weight excluding hydrogens is 282 g/mol. The van der Waals surface area contributed by atoms with Crippen molar-refractivity contribution in [2.45, 2.75) is 44.3 Å². The molecule has 2 amide bonds. The van der Waals surface area contributed by atoms with E-state index in [0.717, 1.165) is 32.4 Å². The molecular formula is C15H21N5O2. The van der Waals surface area contributed by atoms with Crippen molar-refractivity contribution in [1.82, 2.24) is 25.3 Å². The molecule has 0 unspecified atom stereocenters. The number of aromatic nitrogens is 2. The summed E-state index contributed by atoms with van der Waals surface area (Å²) in [5.74, 6) is -0.314. The highest BCUT2D eigenvalue weighted by atomic mass is 16.2. The lowest BCUT2D eigenvalue weighted by Crippen LogP contribution is -2.52. The molecule has 4 heterocycles. The maximum absolute atomic E-state index is 12.5.